The molecule has 1 saturated carbocycles. The number of carbonyl (C=O) groups is 5. The van der Waals surface area contributed by atoms with Crippen LogP contribution >= 0.6 is 0 Å². The van der Waals surface area contributed by atoms with Gasteiger partial charge in [0, 0.05) is 37.5 Å². The minimum Gasteiger partial charge on any atom is -0.384 e. The molecule has 0 aromatic rings. The van der Waals surface area contributed by atoms with Crippen LogP contribution in [0.15, 0.2) is 12.2 Å². The van der Waals surface area contributed by atoms with E-state index in [1.54, 1.807) is 5.32 Å². The number of nitrogens with one attached hydrogen (secondary N) is 2. The summed E-state index contributed by atoms with van der Waals surface area (Å²) in [6.45, 7) is 2.29. The van der Waals surface area contributed by atoms with E-state index in [2.05, 4.69) is 5.32 Å². The van der Waals surface area contributed by atoms with Crippen LogP contribution in [0.3, 0.4) is 0 Å². The Bertz CT molecular complexity index is 1230. The molecule has 16 heteroatoms. The largest absolute Gasteiger partial charge is 0.463 e. The Labute approximate surface area is 244 Å². The molecule has 5 unspecified atom stereocenters. The summed E-state index contributed by atoms with van der Waals surface area (Å²) >= 11 is 0. The Kier molecular flexibility index (Phi) is 8.35. The Morgan fingerprint density at radius 2 is 1.77 bits per heavy atom. The van der Waals surface area contributed by atoms with Crippen LogP contribution in [-0.2, 0) is 28.7 Å². The molecule has 4 aliphatic rings. The summed E-state index contributed by atoms with van der Waals surface area (Å²) < 4.78 is 72.6. The average Bonchev–Trinajstić information content (AvgIpc) is 3.66. The fraction of sp³-hybridized carbons (Fsp3) is 0.741. The number of alkyl halides is 5. The summed E-state index contributed by atoms with van der Waals surface area (Å²) in [5.41, 5.74) is 8.13. The third-order valence-corrected chi connectivity index (χ3v) is 9.65. The van der Waals surface area contributed by atoms with Crippen molar-refractivity contribution < 1.29 is 50.7 Å². The molecule has 2 aliphatic carbocycles. The lowest BCUT2D eigenvalue weighted by Crippen LogP contribution is -2.70. The van der Waals surface area contributed by atoms with Crippen LogP contribution in [-0.4, -0.2) is 84.9 Å². The highest BCUT2D eigenvalue weighted by molar-refractivity contribution is 6.00. The van der Waals surface area contributed by atoms with E-state index in [0.717, 1.165) is 4.90 Å². The second kappa shape index (κ2) is 11.0. The number of fused-ring (bicyclic) bond motifs is 5. The van der Waals surface area contributed by atoms with E-state index in [-0.39, 0.29) is 31.4 Å². The molecule has 2 aliphatic heterocycles. The first-order valence-corrected chi connectivity index (χ1v) is 13.9. The van der Waals surface area contributed by atoms with Crippen molar-refractivity contribution in [1.82, 2.24) is 15.5 Å². The van der Waals surface area contributed by atoms with Crippen molar-refractivity contribution in [3.63, 3.8) is 0 Å². The Morgan fingerprint density at radius 3 is 2.28 bits per heavy atom. The number of hydrogen-bond donors (Lipinski definition) is 4. The Hall–Kier alpha value is -3.30. The SMILES string of the molecule is COCC(C)(C)[C@H](NC(=O)C(F)(F)C(F)(F)F)C(=O)N1CC2C3C=CC(C3)C2C1(C(N)=O)[C@H](C[C@H]1CCNC1=O)C(N)=O. The molecule has 2 bridgehead atoms. The Morgan fingerprint density at radius 1 is 1.14 bits per heavy atom. The van der Waals surface area contributed by atoms with Crippen molar-refractivity contribution in [2.45, 2.75) is 56.8 Å². The molecule has 0 radical (unpaired) electrons. The highest BCUT2D eigenvalue weighted by Crippen LogP contribution is 2.61. The number of halogens is 5. The van der Waals surface area contributed by atoms with Crippen LogP contribution < -0.4 is 22.1 Å². The van der Waals surface area contributed by atoms with E-state index in [0.29, 0.717) is 19.4 Å². The number of likely N-dealkylation sites (tertiary alicyclic amines) is 1. The van der Waals surface area contributed by atoms with Crippen molar-refractivity contribution in [3.05, 3.63) is 12.2 Å². The minimum atomic E-state index is -6.26. The smallest absolute Gasteiger partial charge is 0.384 e. The van der Waals surface area contributed by atoms with Crippen LogP contribution in [0.1, 0.15) is 33.1 Å². The maximum atomic E-state index is 14.5. The van der Waals surface area contributed by atoms with Crippen LogP contribution in [0, 0.1) is 40.9 Å². The summed E-state index contributed by atoms with van der Waals surface area (Å²) in [5, 5.41) is 4.20. The lowest BCUT2D eigenvalue weighted by Gasteiger charge is -2.48. The predicted octanol–water partition coefficient (Wildman–Crippen LogP) is 0.474. The van der Waals surface area contributed by atoms with Gasteiger partial charge in [0.1, 0.15) is 11.6 Å². The standard InChI is InChI=1S/C27H36F5N5O6/c1-24(2,11-43-3)18(36-23(42)26(28,29)27(30,31)32)21(40)37-10-15-12-4-5-13(8-12)17(15)25(37,22(34)41)16(19(33)38)9-14-6-7-35-20(14)39/h4-5,12-18H,6-11H2,1-3H3,(H2,33,38)(H2,34,41)(H,35,39)(H,36,42)/t12?,13?,14-,15?,16-,17?,18-,25?/m1/s1. The van der Waals surface area contributed by atoms with Gasteiger partial charge in [0.2, 0.25) is 23.6 Å². The molecule has 0 aromatic carbocycles. The second-order valence-electron chi connectivity index (χ2n) is 12.6. The van der Waals surface area contributed by atoms with Crippen molar-refractivity contribution in [2.75, 3.05) is 26.8 Å². The third kappa shape index (κ3) is 5.14. The molecule has 6 N–H and O–H groups in total. The maximum Gasteiger partial charge on any atom is 0.463 e. The third-order valence-electron chi connectivity index (χ3n) is 9.65. The van der Waals surface area contributed by atoms with Gasteiger partial charge in [0.25, 0.3) is 0 Å². The zero-order valence-corrected chi connectivity index (χ0v) is 23.9. The lowest BCUT2D eigenvalue weighted by molar-refractivity contribution is -0.270. The Balaban J connectivity index is 1.85. The molecule has 4 rings (SSSR count). The number of methoxy groups -OCH3 is 1. The number of nitrogens with zero attached hydrogens (tertiary/aromatic N) is 1. The zero-order chi connectivity index (χ0) is 32.3. The van der Waals surface area contributed by atoms with Gasteiger partial charge in [-0.15, -0.1) is 0 Å². The van der Waals surface area contributed by atoms with Crippen molar-refractivity contribution in [1.29, 1.82) is 0 Å². The second-order valence-corrected chi connectivity index (χ2v) is 12.6. The topological polar surface area (TPSA) is 174 Å². The van der Waals surface area contributed by atoms with Crippen LogP contribution in [0.4, 0.5) is 22.0 Å². The summed E-state index contributed by atoms with van der Waals surface area (Å²) in [7, 11) is 1.20. The first kappa shape index (κ1) is 32.6. The number of hydrogen-bond acceptors (Lipinski definition) is 6. The van der Waals surface area contributed by atoms with E-state index >= 15 is 0 Å². The van der Waals surface area contributed by atoms with E-state index < -0.39 is 82.3 Å². The van der Waals surface area contributed by atoms with E-state index in [9.17, 15) is 45.9 Å². The summed E-state index contributed by atoms with van der Waals surface area (Å²) in [5.74, 6) is -16.4. The number of ether oxygens (including phenoxy) is 1. The van der Waals surface area contributed by atoms with Gasteiger partial charge < -0.3 is 31.7 Å². The van der Waals surface area contributed by atoms with Crippen molar-refractivity contribution in [2.24, 2.45) is 52.4 Å². The highest BCUT2D eigenvalue weighted by atomic mass is 19.4. The maximum absolute atomic E-state index is 14.5. The van der Waals surface area contributed by atoms with E-state index in [1.165, 1.54) is 21.0 Å². The average molecular weight is 622 g/mol. The molecule has 0 aromatic heterocycles. The predicted molar refractivity (Wildman–Crippen MR) is 138 cm³/mol. The molecule has 0 spiro atoms. The summed E-state index contributed by atoms with van der Waals surface area (Å²) in [6, 6.07) is -2.08. The summed E-state index contributed by atoms with van der Waals surface area (Å²) in [6.07, 6.45) is -1.92. The van der Waals surface area contributed by atoms with Gasteiger partial charge in [-0.3, -0.25) is 24.0 Å². The van der Waals surface area contributed by atoms with Gasteiger partial charge >= 0.3 is 18.0 Å². The molecular formula is C27H36F5N5O6. The van der Waals surface area contributed by atoms with E-state index in [4.69, 9.17) is 16.2 Å². The number of primary amides is 2. The van der Waals surface area contributed by atoms with Gasteiger partial charge in [-0.2, -0.15) is 22.0 Å². The molecule has 2 heterocycles. The van der Waals surface area contributed by atoms with Gasteiger partial charge in [0.15, 0.2) is 0 Å². The molecule has 43 heavy (non-hydrogen) atoms. The molecule has 5 amide bonds. The van der Waals surface area contributed by atoms with Gasteiger partial charge in [-0.25, -0.2) is 0 Å². The van der Waals surface area contributed by atoms with Gasteiger partial charge in [-0.1, -0.05) is 26.0 Å². The quantitative estimate of drug-likeness (QED) is 0.193. The van der Waals surface area contributed by atoms with Crippen LogP contribution in [0.5, 0.6) is 0 Å². The zero-order valence-electron chi connectivity index (χ0n) is 23.9. The van der Waals surface area contributed by atoms with E-state index in [1.807, 2.05) is 12.2 Å². The molecule has 3 fully saturated rings. The van der Waals surface area contributed by atoms with Gasteiger partial charge in [0.05, 0.1) is 12.5 Å². The van der Waals surface area contributed by atoms with Crippen molar-refractivity contribution >= 4 is 29.5 Å². The number of allylic oxidation sites excluding steroid dienone is 2. The number of nitrogens with two attached hydrogens (primary N) is 2. The molecule has 11 nitrogen and oxygen atoms in total. The van der Waals surface area contributed by atoms with Gasteiger partial charge in [-0.05, 0) is 37.0 Å². The summed E-state index contributed by atoms with van der Waals surface area (Å²) in [4.78, 5) is 67.1. The van der Waals surface area contributed by atoms with Crippen LogP contribution in [0.25, 0.3) is 0 Å². The first-order valence-electron chi connectivity index (χ1n) is 13.9. The van der Waals surface area contributed by atoms with Crippen molar-refractivity contribution in [3.8, 4) is 0 Å². The number of rotatable bonds is 11. The molecule has 8 atom stereocenters. The fourth-order valence-corrected chi connectivity index (χ4v) is 7.75. The lowest BCUT2D eigenvalue weighted by atomic mass is 9.64. The highest BCUT2D eigenvalue weighted by Gasteiger charge is 2.71. The number of carbonyl (C=O) groups excluding carboxylic acids is 5. The monoisotopic (exact) mass is 621 g/mol. The van der Waals surface area contributed by atoms with Crippen LogP contribution in [0.2, 0.25) is 0 Å². The molecule has 240 valence electrons. The first-order chi connectivity index (χ1) is 19.8. The minimum absolute atomic E-state index is 0.149. The molecular weight excluding hydrogens is 585 g/mol. The normalized spacial score (nSPS) is 31.5. The molecule has 2 saturated heterocycles. The number of amides is 5. The fourth-order valence-electron chi connectivity index (χ4n) is 7.75.